The zero-order chi connectivity index (χ0) is 11.4. The number of hydrogen-bond donors (Lipinski definition) is 0. The number of hydrogen-bond acceptors (Lipinski definition) is 4. The Balaban J connectivity index is 2.54. The Kier molecular flexibility index (Phi) is 3.60. The second kappa shape index (κ2) is 4.72. The zero-order valence-corrected chi connectivity index (χ0v) is 8.62. The topological polar surface area (TPSA) is 63.7 Å². The highest BCUT2D eigenvalue weighted by Gasteiger charge is 2.30. The quantitative estimate of drug-likeness (QED) is 0.380. The summed E-state index contributed by atoms with van der Waals surface area (Å²) in [6, 6.07) is 0. The van der Waals surface area contributed by atoms with Crippen molar-refractivity contribution in [2.24, 2.45) is 0 Å². The molecule has 0 aromatic rings. The molecule has 1 fully saturated rings. The van der Waals surface area contributed by atoms with Gasteiger partial charge in [-0.3, -0.25) is 14.5 Å². The number of esters is 1. The van der Waals surface area contributed by atoms with Crippen LogP contribution in [0, 0.1) is 0 Å². The number of likely N-dealkylation sites (tertiary alicyclic amines) is 1. The molecule has 0 spiro atoms. The van der Waals surface area contributed by atoms with E-state index in [1.165, 1.54) is 0 Å². The molecule has 0 N–H and O–H groups in total. The molecule has 0 saturated carbocycles. The first-order valence-corrected chi connectivity index (χ1v) is 4.74. The lowest BCUT2D eigenvalue weighted by atomic mass is 10.3. The molecule has 5 nitrogen and oxygen atoms in total. The number of nitrogens with zero attached hydrogens (tertiary/aromatic N) is 1. The number of carbonyl (C=O) groups excluding carboxylic acids is 3. The standard InChI is InChI=1S/C10H13NO4/c1-3-15-10(14)7(2)6-11-8(12)4-5-9(11)13/h2-6H2,1H3. The third-order valence-electron chi connectivity index (χ3n) is 2.07. The lowest BCUT2D eigenvalue weighted by molar-refractivity contribution is -0.140. The lowest BCUT2D eigenvalue weighted by Gasteiger charge is -2.14. The molecule has 5 heteroatoms. The maximum Gasteiger partial charge on any atom is 0.335 e. The lowest BCUT2D eigenvalue weighted by Crippen LogP contribution is -2.32. The van der Waals surface area contributed by atoms with Crippen molar-refractivity contribution in [3.63, 3.8) is 0 Å². The molecule has 2 amide bonds. The molecule has 1 heterocycles. The average molecular weight is 211 g/mol. The van der Waals surface area contributed by atoms with Gasteiger partial charge in [0.05, 0.1) is 13.2 Å². The van der Waals surface area contributed by atoms with Gasteiger partial charge in [-0.15, -0.1) is 0 Å². The van der Waals surface area contributed by atoms with Crippen molar-refractivity contribution in [2.45, 2.75) is 19.8 Å². The molecule has 1 saturated heterocycles. The second-order valence-corrected chi connectivity index (χ2v) is 3.20. The van der Waals surface area contributed by atoms with E-state index in [0.717, 1.165) is 4.90 Å². The van der Waals surface area contributed by atoms with Crippen LogP contribution in [-0.2, 0) is 19.1 Å². The van der Waals surface area contributed by atoms with Crippen LogP contribution >= 0.6 is 0 Å². The molecule has 1 aliphatic heterocycles. The van der Waals surface area contributed by atoms with Crippen molar-refractivity contribution in [3.05, 3.63) is 12.2 Å². The SMILES string of the molecule is C=C(CN1C(=O)CCC1=O)C(=O)OCC. The van der Waals surface area contributed by atoms with E-state index in [4.69, 9.17) is 4.74 Å². The third-order valence-corrected chi connectivity index (χ3v) is 2.07. The first-order chi connectivity index (χ1) is 7.06. The molecule has 0 aromatic heterocycles. The summed E-state index contributed by atoms with van der Waals surface area (Å²) in [5.41, 5.74) is 0.125. The Bertz CT molecular complexity index is 305. The fourth-order valence-corrected chi connectivity index (χ4v) is 1.29. The third kappa shape index (κ3) is 2.65. The Morgan fingerprint density at radius 2 is 1.93 bits per heavy atom. The van der Waals surface area contributed by atoms with Crippen LogP contribution in [0.3, 0.4) is 0 Å². The fourth-order valence-electron chi connectivity index (χ4n) is 1.29. The van der Waals surface area contributed by atoms with E-state index >= 15 is 0 Å². The summed E-state index contributed by atoms with van der Waals surface area (Å²) in [5, 5.41) is 0. The van der Waals surface area contributed by atoms with Crippen molar-refractivity contribution >= 4 is 17.8 Å². The Morgan fingerprint density at radius 1 is 1.40 bits per heavy atom. The van der Waals surface area contributed by atoms with Gasteiger partial charge in [0.2, 0.25) is 11.8 Å². The van der Waals surface area contributed by atoms with Gasteiger partial charge in [-0.05, 0) is 6.92 Å². The van der Waals surface area contributed by atoms with Crippen LogP contribution in [0.2, 0.25) is 0 Å². The normalized spacial score (nSPS) is 15.7. The van der Waals surface area contributed by atoms with E-state index < -0.39 is 5.97 Å². The average Bonchev–Trinajstić information content (AvgIpc) is 2.49. The Hall–Kier alpha value is -1.65. The summed E-state index contributed by atoms with van der Waals surface area (Å²) in [4.78, 5) is 34.6. The van der Waals surface area contributed by atoms with Crippen LogP contribution in [0.5, 0.6) is 0 Å². The van der Waals surface area contributed by atoms with Crippen LogP contribution in [0.4, 0.5) is 0 Å². The highest BCUT2D eigenvalue weighted by atomic mass is 16.5. The monoisotopic (exact) mass is 211 g/mol. The molecule has 0 aliphatic carbocycles. The molecule has 82 valence electrons. The molecular formula is C10H13NO4. The van der Waals surface area contributed by atoms with Crippen molar-refractivity contribution in [1.29, 1.82) is 0 Å². The van der Waals surface area contributed by atoms with Gasteiger partial charge in [-0.1, -0.05) is 6.58 Å². The maximum absolute atomic E-state index is 11.2. The summed E-state index contributed by atoms with van der Waals surface area (Å²) in [6.07, 6.45) is 0.434. The van der Waals surface area contributed by atoms with E-state index in [1.807, 2.05) is 0 Å². The number of imide groups is 1. The molecule has 0 unspecified atom stereocenters. The first-order valence-electron chi connectivity index (χ1n) is 4.74. The van der Waals surface area contributed by atoms with Gasteiger partial charge in [0.25, 0.3) is 0 Å². The van der Waals surface area contributed by atoms with Gasteiger partial charge < -0.3 is 4.74 Å². The van der Waals surface area contributed by atoms with E-state index in [1.54, 1.807) is 6.92 Å². The molecule has 0 radical (unpaired) electrons. The molecule has 0 aromatic carbocycles. The maximum atomic E-state index is 11.2. The van der Waals surface area contributed by atoms with Gasteiger partial charge in [0.1, 0.15) is 0 Å². The van der Waals surface area contributed by atoms with E-state index in [-0.39, 0.29) is 43.4 Å². The van der Waals surface area contributed by atoms with Gasteiger partial charge in [0, 0.05) is 18.4 Å². The molecular weight excluding hydrogens is 198 g/mol. The molecule has 1 rings (SSSR count). The highest BCUT2D eigenvalue weighted by molar-refractivity contribution is 6.03. The highest BCUT2D eigenvalue weighted by Crippen LogP contribution is 2.13. The van der Waals surface area contributed by atoms with Crippen molar-refractivity contribution in [1.82, 2.24) is 4.90 Å². The summed E-state index contributed by atoms with van der Waals surface area (Å²) in [6.45, 7) is 5.35. The van der Waals surface area contributed by atoms with Gasteiger partial charge in [0.15, 0.2) is 0 Å². The van der Waals surface area contributed by atoms with Crippen LogP contribution in [0.1, 0.15) is 19.8 Å². The van der Waals surface area contributed by atoms with Crippen molar-refractivity contribution in [2.75, 3.05) is 13.2 Å². The number of ether oxygens (including phenoxy) is 1. The first kappa shape index (κ1) is 11.4. The predicted molar refractivity (Wildman–Crippen MR) is 51.7 cm³/mol. The number of carbonyl (C=O) groups is 3. The summed E-state index contributed by atoms with van der Waals surface area (Å²) in [5.74, 6) is -1.08. The van der Waals surface area contributed by atoms with Gasteiger partial charge >= 0.3 is 5.97 Å². The minimum absolute atomic E-state index is 0.0590. The molecule has 1 aliphatic rings. The number of rotatable bonds is 4. The Labute approximate surface area is 87.7 Å². The second-order valence-electron chi connectivity index (χ2n) is 3.20. The molecule has 15 heavy (non-hydrogen) atoms. The zero-order valence-electron chi connectivity index (χ0n) is 8.62. The van der Waals surface area contributed by atoms with Crippen LogP contribution in [0.25, 0.3) is 0 Å². The predicted octanol–water partition coefficient (Wildman–Crippen LogP) is 0.255. The van der Waals surface area contributed by atoms with Crippen LogP contribution in [0.15, 0.2) is 12.2 Å². The fraction of sp³-hybridized carbons (Fsp3) is 0.500. The van der Waals surface area contributed by atoms with E-state index in [0.29, 0.717) is 0 Å². The smallest absolute Gasteiger partial charge is 0.335 e. The minimum atomic E-state index is -0.565. The minimum Gasteiger partial charge on any atom is -0.463 e. The summed E-state index contributed by atoms with van der Waals surface area (Å²) < 4.78 is 4.70. The van der Waals surface area contributed by atoms with Crippen molar-refractivity contribution in [3.8, 4) is 0 Å². The molecule has 0 bridgehead atoms. The Morgan fingerprint density at radius 3 is 2.40 bits per heavy atom. The largest absolute Gasteiger partial charge is 0.463 e. The van der Waals surface area contributed by atoms with Crippen molar-refractivity contribution < 1.29 is 19.1 Å². The van der Waals surface area contributed by atoms with E-state index in [9.17, 15) is 14.4 Å². The summed E-state index contributed by atoms with van der Waals surface area (Å²) >= 11 is 0. The molecule has 0 atom stereocenters. The number of amides is 2. The van der Waals surface area contributed by atoms with Crippen LogP contribution < -0.4 is 0 Å². The van der Waals surface area contributed by atoms with E-state index in [2.05, 4.69) is 6.58 Å². The van der Waals surface area contributed by atoms with Crippen LogP contribution in [-0.4, -0.2) is 35.8 Å². The van der Waals surface area contributed by atoms with Gasteiger partial charge in [-0.25, -0.2) is 4.79 Å². The van der Waals surface area contributed by atoms with Gasteiger partial charge in [-0.2, -0.15) is 0 Å². The summed E-state index contributed by atoms with van der Waals surface area (Å²) in [7, 11) is 0.